The van der Waals surface area contributed by atoms with E-state index in [-0.39, 0.29) is 16.6 Å². The van der Waals surface area contributed by atoms with E-state index in [1.165, 1.54) is 31.5 Å². The predicted molar refractivity (Wildman–Crippen MR) is 110 cm³/mol. The van der Waals surface area contributed by atoms with Gasteiger partial charge in [-0.1, -0.05) is 18.2 Å². The van der Waals surface area contributed by atoms with E-state index < -0.39 is 10.0 Å². The van der Waals surface area contributed by atoms with E-state index in [0.29, 0.717) is 22.8 Å². The Morgan fingerprint density at radius 3 is 2.59 bits per heavy atom. The summed E-state index contributed by atoms with van der Waals surface area (Å²) in [4.78, 5) is 8.35. The summed E-state index contributed by atoms with van der Waals surface area (Å²) in [5, 5.41) is 13.7. The molecule has 0 unspecified atom stereocenters. The van der Waals surface area contributed by atoms with Crippen LogP contribution in [0.4, 0.5) is 11.8 Å². The van der Waals surface area contributed by atoms with E-state index in [1.54, 1.807) is 43.3 Å². The Hall–Kier alpha value is -3.66. The van der Waals surface area contributed by atoms with Crippen LogP contribution in [-0.4, -0.2) is 36.8 Å². The second-order valence-electron chi connectivity index (χ2n) is 5.94. The minimum absolute atomic E-state index is 0.0272. The molecule has 2 aromatic carbocycles. The normalized spacial score (nSPS) is 11.4. The highest BCUT2D eigenvalue weighted by atomic mass is 32.2. The van der Waals surface area contributed by atoms with Crippen molar-refractivity contribution < 1.29 is 18.3 Å². The van der Waals surface area contributed by atoms with Crippen molar-refractivity contribution in [2.75, 3.05) is 17.3 Å². The van der Waals surface area contributed by atoms with Gasteiger partial charge in [0.1, 0.15) is 0 Å². The predicted octanol–water partition coefficient (Wildman–Crippen LogP) is 2.75. The first-order valence-corrected chi connectivity index (χ1v) is 9.95. The van der Waals surface area contributed by atoms with Gasteiger partial charge >= 0.3 is 0 Å². The van der Waals surface area contributed by atoms with Crippen molar-refractivity contribution in [2.24, 2.45) is 5.10 Å². The Bertz CT molecular complexity index is 1130. The van der Waals surface area contributed by atoms with Crippen molar-refractivity contribution >= 4 is 28.0 Å². The molecule has 3 N–H and O–H groups in total. The number of hydrazone groups is 1. The maximum absolute atomic E-state index is 12.4. The lowest BCUT2D eigenvalue weighted by Gasteiger charge is -2.09. The number of aromatic nitrogens is 2. The first-order chi connectivity index (χ1) is 13.9. The van der Waals surface area contributed by atoms with E-state index in [0.717, 1.165) is 0 Å². The molecule has 0 saturated heterocycles. The lowest BCUT2D eigenvalue weighted by atomic mass is 10.2. The van der Waals surface area contributed by atoms with Crippen LogP contribution in [0, 0.1) is 6.92 Å². The minimum Gasteiger partial charge on any atom is -0.504 e. The molecule has 1 aromatic heterocycles. The highest BCUT2D eigenvalue weighted by Gasteiger charge is 2.15. The fourth-order valence-corrected chi connectivity index (χ4v) is 3.36. The second-order valence-corrected chi connectivity index (χ2v) is 7.62. The number of aryl methyl sites for hydroxylation is 1. The lowest BCUT2D eigenvalue weighted by molar-refractivity contribution is 0.373. The summed E-state index contributed by atoms with van der Waals surface area (Å²) in [6.07, 6.45) is 1.51. The number of nitrogens with zero attached hydrogens (tertiary/aromatic N) is 3. The number of hydrogen-bond donors (Lipinski definition) is 3. The molecule has 10 heteroatoms. The van der Waals surface area contributed by atoms with Gasteiger partial charge in [-0.05, 0) is 42.8 Å². The Morgan fingerprint density at radius 1 is 1.10 bits per heavy atom. The van der Waals surface area contributed by atoms with Gasteiger partial charge in [0.25, 0.3) is 10.0 Å². The third-order valence-corrected chi connectivity index (χ3v) is 5.07. The number of phenols is 1. The van der Waals surface area contributed by atoms with Gasteiger partial charge in [-0.3, -0.25) is 5.43 Å². The number of methoxy groups -OCH3 is 1. The zero-order chi connectivity index (χ0) is 20.9. The summed E-state index contributed by atoms with van der Waals surface area (Å²) < 4.78 is 32.3. The first kappa shape index (κ1) is 20.1. The van der Waals surface area contributed by atoms with Gasteiger partial charge < -0.3 is 9.84 Å². The molecule has 0 saturated carbocycles. The molecule has 0 amide bonds. The third-order valence-electron chi connectivity index (χ3n) is 3.73. The molecule has 0 spiro atoms. The van der Waals surface area contributed by atoms with Crippen molar-refractivity contribution in [3.8, 4) is 11.5 Å². The number of sulfonamides is 1. The molecule has 0 aliphatic carbocycles. The number of phenolic OH excluding ortho intramolecular Hbond substituents is 1. The van der Waals surface area contributed by atoms with Crippen molar-refractivity contribution in [1.29, 1.82) is 0 Å². The van der Waals surface area contributed by atoms with Gasteiger partial charge in [0, 0.05) is 11.8 Å². The number of rotatable bonds is 7. The van der Waals surface area contributed by atoms with Gasteiger partial charge in [0.05, 0.1) is 18.2 Å². The molecule has 0 atom stereocenters. The molecular formula is C19H19N5O4S. The molecule has 0 aliphatic rings. The second kappa shape index (κ2) is 8.57. The number of nitrogens with one attached hydrogen (secondary N) is 2. The molecule has 0 bridgehead atoms. The molecular weight excluding hydrogens is 394 g/mol. The van der Waals surface area contributed by atoms with Gasteiger partial charge in [0.15, 0.2) is 17.3 Å². The highest BCUT2D eigenvalue weighted by molar-refractivity contribution is 7.92. The highest BCUT2D eigenvalue weighted by Crippen LogP contribution is 2.25. The molecule has 0 aliphatic heterocycles. The van der Waals surface area contributed by atoms with Crippen molar-refractivity contribution in [3.05, 3.63) is 65.9 Å². The standard InChI is InChI=1S/C19H19N5O4S/c1-13-10-18(23-20-12-14-8-9-16(25)17(11-14)28-2)22-19(21-13)24-29(26,27)15-6-4-3-5-7-15/h3-12,25H,1-2H3,(H2,21,22,23,24)/b20-12-. The fourth-order valence-electron chi connectivity index (χ4n) is 2.40. The molecule has 1 heterocycles. The van der Waals surface area contributed by atoms with Crippen LogP contribution in [0.5, 0.6) is 11.5 Å². The average molecular weight is 413 g/mol. The molecule has 0 radical (unpaired) electrons. The number of aromatic hydroxyl groups is 1. The Kier molecular flexibility index (Phi) is 5.93. The van der Waals surface area contributed by atoms with Gasteiger partial charge in [0.2, 0.25) is 5.95 Å². The van der Waals surface area contributed by atoms with Gasteiger partial charge in [-0.15, -0.1) is 0 Å². The van der Waals surface area contributed by atoms with Crippen LogP contribution in [0.2, 0.25) is 0 Å². The molecule has 9 nitrogen and oxygen atoms in total. The first-order valence-electron chi connectivity index (χ1n) is 8.47. The zero-order valence-electron chi connectivity index (χ0n) is 15.7. The largest absolute Gasteiger partial charge is 0.504 e. The van der Waals surface area contributed by atoms with E-state index in [9.17, 15) is 13.5 Å². The van der Waals surface area contributed by atoms with E-state index in [4.69, 9.17) is 4.74 Å². The summed E-state index contributed by atoms with van der Waals surface area (Å²) in [5.74, 6) is 0.590. The van der Waals surface area contributed by atoms with Crippen molar-refractivity contribution in [3.63, 3.8) is 0 Å². The summed E-state index contributed by atoms with van der Waals surface area (Å²) >= 11 is 0. The minimum atomic E-state index is -3.80. The maximum atomic E-state index is 12.4. The van der Waals surface area contributed by atoms with E-state index in [2.05, 4.69) is 25.2 Å². The van der Waals surface area contributed by atoms with Crippen molar-refractivity contribution in [1.82, 2.24) is 9.97 Å². The number of benzene rings is 2. The number of ether oxygens (including phenoxy) is 1. The summed E-state index contributed by atoms with van der Waals surface area (Å²) in [7, 11) is -2.35. The molecule has 0 fully saturated rings. The smallest absolute Gasteiger partial charge is 0.264 e. The SMILES string of the molecule is COc1cc(/C=N\Nc2cc(C)nc(NS(=O)(=O)c3ccccc3)n2)ccc1O. The van der Waals surface area contributed by atoms with Crippen LogP contribution in [0.25, 0.3) is 0 Å². The Labute approximate surface area is 168 Å². The monoisotopic (exact) mass is 413 g/mol. The van der Waals surface area contributed by atoms with Crippen LogP contribution >= 0.6 is 0 Å². The number of hydrogen-bond acceptors (Lipinski definition) is 8. The quantitative estimate of drug-likeness (QED) is 0.402. The maximum Gasteiger partial charge on any atom is 0.264 e. The van der Waals surface area contributed by atoms with Gasteiger partial charge in [-0.25, -0.2) is 18.1 Å². The zero-order valence-corrected chi connectivity index (χ0v) is 16.5. The average Bonchev–Trinajstić information content (AvgIpc) is 2.69. The summed E-state index contributed by atoms with van der Waals surface area (Å²) in [6, 6.07) is 14.3. The topological polar surface area (TPSA) is 126 Å². The lowest BCUT2D eigenvalue weighted by Crippen LogP contribution is -2.15. The van der Waals surface area contributed by atoms with Crippen LogP contribution in [-0.2, 0) is 10.0 Å². The van der Waals surface area contributed by atoms with E-state index in [1.807, 2.05) is 0 Å². The van der Waals surface area contributed by atoms with Crippen molar-refractivity contribution in [2.45, 2.75) is 11.8 Å². The van der Waals surface area contributed by atoms with Crippen LogP contribution < -0.4 is 14.9 Å². The third kappa shape index (κ3) is 5.20. The Morgan fingerprint density at radius 2 is 1.86 bits per heavy atom. The number of anilines is 2. The van der Waals surface area contributed by atoms with Crippen LogP contribution in [0.15, 0.2) is 64.6 Å². The molecule has 150 valence electrons. The van der Waals surface area contributed by atoms with Gasteiger partial charge in [-0.2, -0.15) is 10.1 Å². The fraction of sp³-hybridized carbons (Fsp3) is 0.105. The van der Waals surface area contributed by atoms with E-state index >= 15 is 0 Å². The van der Waals surface area contributed by atoms with Crippen LogP contribution in [0.1, 0.15) is 11.3 Å². The molecule has 3 aromatic rings. The Balaban J connectivity index is 1.76. The molecule has 29 heavy (non-hydrogen) atoms. The summed E-state index contributed by atoms with van der Waals surface area (Å²) in [6.45, 7) is 1.71. The summed E-state index contributed by atoms with van der Waals surface area (Å²) in [5.41, 5.74) is 3.97. The van der Waals surface area contributed by atoms with Crippen LogP contribution in [0.3, 0.4) is 0 Å². The molecule has 3 rings (SSSR count).